The van der Waals surface area contributed by atoms with E-state index in [0.717, 1.165) is 5.56 Å². The highest BCUT2D eigenvalue weighted by molar-refractivity contribution is 6.29. The van der Waals surface area contributed by atoms with Gasteiger partial charge in [-0.05, 0) is 18.6 Å². The number of methoxy groups -OCH3 is 2. The molecule has 0 aliphatic heterocycles. The molecule has 0 aliphatic carbocycles. The van der Waals surface area contributed by atoms with E-state index in [0.29, 0.717) is 11.6 Å². The van der Waals surface area contributed by atoms with Crippen molar-refractivity contribution in [3.8, 4) is 0 Å². The maximum absolute atomic E-state index is 11.0. The van der Waals surface area contributed by atoms with Crippen LogP contribution in [-0.2, 0) is 14.3 Å². The van der Waals surface area contributed by atoms with Gasteiger partial charge in [-0.3, -0.25) is 4.79 Å². The average Bonchev–Trinajstić information content (AvgIpc) is 2.31. The van der Waals surface area contributed by atoms with E-state index in [4.69, 9.17) is 16.4 Å². The lowest BCUT2D eigenvalue weighted by Gasteiger charge is -2.01. The maximum Gasteiger partial charge on any atom is 0.356 e. The van der Waals surface area contributed by atoms with Crippen LogP contribution in [0.5, 0.6) is 0 Å². The van der Waals surface area contributed by atoms with E-state index < -0.39 is 5.97 Å². The lowest BCUT2D eigenvalue weighted by Crippen LogP contribution is -2.06. The molecule has 0 aromatic carbocycles. The Kier molecular flexibility index (Phi) is 6.87. The minimum Gasteiger partial charge on any atom is -0.471 e. The summed E-state index contributed by atoms with van der Waals surface area (Å²) in [7, 11) is 2.62. The molecular weight excluding hydrogens is 234 g/mol. The summed E-state index contributed by atoms with van der Waals surface area (Å²) in [5.41, 5.74) is 1.02. The van der Waals surface area contributed by atoms with Crippen LogP contribution in [0.1, 0.15) is 16.1 Å². The van der Waals surface area contributed by atoms with Crippen LogP contribution in [0.2, 0.25) is 5.15 Å². The van der Waals surface area contributed by atoms with Crippen LogP contribution in [0.15, 0.2) is 12.1 Å². The topological polar surface area (TPSA) is 65.5 Å². The van der Waals surface area contributed by atoms with Gasteiger partial charge in [0.1, 0.15) is 5.15 Å². The van der Waals surface area contributed by atoms with Crippen LogP contribution in [-0.4, -0.2) is 31.6 Å². The van der Waals surface area contributed by atoms with Crippen molar-refractivity contribution in [2.45, 2.75) is 6.92 Å². The summed E-state index contributed by atoms with van der Waals surface area (Å²) in [6, 6.07) is 3.35. The normalized spacial score (nSPS) is 8.50. The van der Waals surface area contributed by atoms with Crippen molar-refractivity contribution in [3.05, 3.63) is 28.5 Å². The Morgan fingerprint density at radius 3 is 2.44 bits per heavy atom. The Balaban J connectivity index is 0.000000487. The van der Waals surface area contributed by atoms with Gasteiger partial charge in [0, 0.05) is 0 Å². The SMILES string of the molecule is COC(=O)c1nc(Cl)ccc1C.COC=O. The molecular formula is C10H12ClNO4. The van der Waals surface area contributed by atoms with Crippen molar-refractivity contribution in [3.63, 3.8) is 0 Å². The Bertz CT molecular complexity index is 368. The standard InChI is InChI=1S/C8H8ClNO2.C2H4O2/c1-5-3-4-6(9)10-7(5)8(11)12-2;1-4-2-3/h3-4H,1-2H3;2H,1H3. The van der Waals surface area contributed by atoms with E-state index in [-0.39, 0.29) is 5.69 Å². The summed E-state index contributed by atoms with van der Waals surface area (Å²) in [6.45, 7) is 2.15. The molecule has 16 heavy (non-hydrogen) atoms. The van der Waals surface area contributed by atoms with Crippen LogP contribution < -0.4 is 0 Å². The Hall–Kier alpha value is -1.62. The van der Waals surface area contributed by atoms with Crippen molar-refractivity contribution >= 4 is 24.0 Å². The minimum absolute atomic E-state index is 0.269. The van der Waals surface area contributed by atoms with E-state index >= 15 is 0 Å². The first-order valence-corrected chi connectivity index (χ1v) is 4.62. The minimum atomic E-state index is -0.463. The first-order chi connectivity index (χ1) is 7.56. The van der Waals surface area contributed by atoms with Gasteiger partial charge < -0.3 is 9.47 Å². The molecule has 1 aromatic heterocycles. The number of aryl methyl sites for hydroxylation is 1. The molecule has 0 saturated heterocycles. The highest BCUT2D eigenvalue weighted by Crippen LogP contribution is 2.11. The van der Waals surface area contributed by atoms with E-state index in [2.05, 4.69) is 14.5 Å². The maximum atomic E-state index is 11.0. The molecule has 0 N–H and O–H groups in total. The third kappa shape index (κ3) is 4.75. The van der Waals surface area contributed by atoms with Gasteiger partial charge in [-0.1, -0.05) is 17.7 Å². The quantitative estimate of drug-likeness (QED) is 0.450. The molecule has 1 rings (SSSR count). The average molecular weight is 246 g/mol. The molecule has 0 amide bonds. The van der Waals surface area contributed by atoms with Gasteiger partial charge >= 0.3 is 5.97 Å². The molecule has 0 unspecified atom stereocenters. The molecule has 88 valence electrons. The first kappa shape index (κ1) is 14.4. The van der Waals surface area contributed by atoms with Gasteiger partial charge in [0.25, 0.3) is 6.47 Å². The highest BCUT2D eigenvalue weighted by Gasteiger charge is 2.10. The van der Waals surface area contributed by atoms with Crippen LogP contribution in [0.3, 0.4) is 0 Å². The highest BCUT2D eigenvalue weighted by atomic mass is 35.5. The fourth-order valence-corrected chi connectivity index (χ4v) is 0.956. The lowest BCUT2D eigenvalue weighted by molar-refractivity contribution is -0.126. The van der Waals surface area contributed by atoms with Crippen LogP contribution in [0.4, 0.5) is 0 Å². The van der Waals surface area contributed by atoms with Gasteiger partial charge in [-0.15, -0.1) is 0 Å². The summed E-state index contributed by atoms with van der Waals surface area (Å²) in [5.74, 6) is -0.463. The number of esters is 1. The van der Waals surface area contributed by atoms with E-state index in [1.807, 2.05) is 0 Å². The second kappa shape index (κ2) is 7.64. The number of ether oxygens (including phenoxy) is 2. The molecule has 0 aliphatic rings. The number of hydrogen-bond donors (Lipinski definition) is 0. The zero-order valence-corrected chi connectivity index (χ0v) is 9.95. The third-order valence-corrected chi connectivity index (χ3v) is 1.75. The number of pyridine rings is 1. The number of aromatic nitrogens is 1. The smallest absolute Gasteiger partial charge is 0.356 e. The summed E-state index contributed by atoms with van der Waals surface area (Å²) in [6.07, 6.45) is 0. The van der Waals surface area contributed by atoms with E-state index in [1.54, 1.807) is 19.1 Å². The first-order valence-electron chi connectivity index (χ1n) is 4.24. The fraction of sp³-hybridized carbons (Fsp3) is 0.300. The van der Waals surface area contributed by atoms with Crippen molar-refractivity contribution in [1.82, 2.24) is 4.98 Å². The molecule has 6 heteroatoms. The Morgan fingerprint density at radius 1 is 1.44 bits per heavy atom. The number of halogens is 1. The van der Waals surface area contributed by atoms with Crippen LogP contribution >= 0.6 is 11.6 Å². The Morgan fingerprint density at radius 2 is 2.00 bits per heavy atom. The third-order valence-electron chi connectivity index (χ3n) is 1.54. The molecule has 0 atom stereocenters. The Labute approximate surface area is 98.3 Å². The number of carbonyl (C=O) groups is 2. The van der Waals surface area contributed by atoms with Gasteiger partial charge in [0.15, 0.2) is 5.69 Å². The molecule has 0 bridgehead atoms. The molecule has 1 heterocycles. The van der Waals surface area contributed by atoms with Gasteiger partial charge in [-0.25, -0.2) is 9.78 Å². The molecule has 0 fully saturated rings. The zero-order chi connectivity index (χ0) is 12.6. The predicted octanol–water partition coefficient (Wildman–Crippen LogP) is 1.62. The summed E-state index contributed by atoms with van der Waals surface area (Å²) in [4.78, 5) is 23.8. The second-order valence-electron chi connectivity index (χ2n) is 2.62. The molecule has 1 aromatic rings. The second-order valence-corrected chi connectivity index (χ2v) is 3.01. The molecule has 0 spiro atoms. The van der Waals surface area contributed by atoms with Crippen molar-refractivity contribution in [1.29, 1.82) is 0 Å². The van der Waals surface area contributed by atoms with E-state index in [9.17, 15) is 4.79 Å². The predicted molar refractivity (Wildman–Crippen MR) is 58.4 cm³/mol. The number of carbonyl (C=O) groups excluding carboxylic acids is 2. The lowest BCUT2D eigenvalue weighted by atomic mass is 10.2. The summed E-state index contributed by atoms with van der Waals surface area (Å²) in [5, 5.41) is 0.293. The molecule has 5 nitrogen and oxygen atoms in total. The fourth-order valence-electron chi connectivity index (χ4n) is 0.808. The van der Waals surface area contributed by atoms with E-state index in [1.165, 1.54) is 14.2 Å². The summed E-state index contributed by atoms with van der Waals surface area (Å²) < 4.78 is 8.37. The van der Waals surface area contributed by atoms with Gasteiger partial charge in [0.05, 0.1) is 14.2 Å². The summed E-state index contributed by atoms with van der Waals surface area (Å²) >= 11 is 5.60. The van der Waals surface area contributed by atoms with Crippen molar-refractivity contribution in [2.24, 2.45) is 0 Å². The number of hydrogen-bond acceptors (Lipinski definition) is 5. The van der Waals surface area contributed by atoms with Crippen LogP contribution in [0, 0.1) is 6.92 Å². The number of nitrogens with zero attached hydrogens (tertiary/aromatic N) is 1. The van der Waals surface area contributed by atoms with Crippen molar-refractivity contribution in [2.75, 3.05) is 14.2 Å². The van der Waals surface area contributed by atoms with Crippen molar-refractivity contribution < 1.29 is 19.1 Å². The molecule has 0 saturated carbocycles. The number of rotatable bonds is 2. The molecule has 0 radical (unpaired) electrons. The van der Waals surface area contributed by atoms with Crippen LogP contribution in [0.25, 0.3) is 0 Å². The van der Waals surface area contributed by atoms with Gasteiger partial charge in [-0.2, -0.15) is 0 Å². The monoisotopic (exact) mass is 245 g/mol. The largest absolute Gasteiger partial charge is 0.471 e. The zero-order valence-electron chi connectivity index (χ0n) is 9.19. The van der Waals surface area contributed by atoms with Gasteiger partial charge in [0.2, 0.25) is 0 Å².